The van der Waals surface area contributed by atoms with Gasteiger partial charge in [-0.15, -0.1) is 0 Å². The number of amides is 1. The summed E-state index contributed by atoms with van der Waals surface area (Å²) in [7, 11) is 0. The van der Waals surface area contributed by atoms with Crippen molar-refractivity contribution < 1.29 is 4.79 Å². The number of carbonyl (C=O) groups excluding carboxylic acids is 1. The van der Waals surface area contributed by atoms with Crippen LogP contribution in [0.15, 0.2) is 72.8 Å². The predicted octanol–water partition coefficient (Wildman–Crippen LogP) is 4.98. The van der Waals surface area contributed by atoms with Crippen molar-refractivity contribution in [3.05, 3.63) is 95.1 Å². The summed E-state index contributed by atoms with van der Waals surface area (Å²) in [5.74, 6) is -0.0565. The number of anilines is 2. The van der Waals surface area contributed by atoms with Crippen molar-refractivity contribution in [2.24, 2.45) is 0 Å². The number of likely N-dealkylation sites (N-methyl/N-ethyl adjacent to an activating group) is 1. The van der Waals surface area contributed by atoms with E-state index in [4.69, 9.17) is 0 Å². The average molecular weight is 414 g/mol. The first-order chi connectivity index (χ1) is 15.1. The number of piperazine rings is 1. The second kappa shape index (κ2) is 9.80. The Labute approximate surface area is 185 Å². The molecule has 1 N–H and O–H groups in total. The Morgan fingerprint density at radius 1 is 0.903 bits per heavy atom. The first-order valence-electron chi connectivity index (χ1n) is 11.1. The Morgan fingerprint density at radius 2 is 1.61 bits per heavy atom. The maximum absolute atomic E-state index is 13.1. The van der Waals surface area contributed by atoms with Crippen LogP contribution >= 0.6 is 0 Å². The molecule has 0 saturated carbocycles. The molecule has 1 aliphatic heterocycles. The summed E-state index contributed by atoms with van der Waals surface area (Å²) < 4.78 is 0. The molecule has 4 nitrogen and oxygen atoms in total. The number of benzene rings is 3. The summed E-state index contributed by atoms with van der Waals surface area (Å²) in [4.78, 5) is 18.0. The molecule has 31 heavy (non-hydrogen) atoms. The van der Waals surface area contributed by atoms with Crippen LogP contribution in [-0.4, -0.2) is 43.5 Å². The van der Waals surface area contributed by atoms with E-state index in [2.05, 4.69) is 53.2 Å². The molecule has 1 saturated heterocycles. The molecule has 4 heteroatoms. The average Bonchev–Trinajstić information content (AvgIpc) is 2.81. The number of hydrogen-bond donors (Lipinski definition) is 1. The molecule has 1 fully saturated rings. The molecule has 4 rings (SSSR count). The molecule has 0 radical (unpaired) electrons. The normalized spacial score (nSPS) is 14.5. The molecule has 0 aliphatic carbocycles. The number of nitrogens with zero attached hydrogens (tertiary/aromatic N) is 2. The zero-order valence-corrected chi connectivity index (χ0v) is 18.5. The molecule has 0 atom stereocenters. The minimum atomic E-state index is -0.0565. The lowest BCUT2D eigenvalue weighted by molar-refractivity contribution is 0.102. The third-order valence-corrected chi connectivity index (χ3v) is 6.14. The fraction of sp³-hybridized carbons (Fsp3) is 0.296. The van der Waals surface area contributed by atoms with Crippen LogP contribution in [0.5, 0.6) is 0 Å². The zero-order valence-electron chi connectivity index (χ0n) is 18.5. The van der Waals surface area contributed by atoms with Crippen molar-refractivity contribution in [1.82, 2.24) is 4.90 Å². The highest BCUT2D eigenvalue weighted by Gasteiger charge is 2.17. The minimum Gasteiger partial charge on any atom is -0.369 e. The van der Waals surface area contributed by atoms with Gasteiger partial charge >= 0.3 is 0 Å². The fourth-order valence-corrected chi connectivity index (χ4v) is 4.21. The van der Waals surface area contributed by atoms with Gasteiger partial charge in [0.2, 0.25) is 0 Å². The van der Waals surface area contributed by atoms with Gasteiger partial charge in [-0.25, -0.2) is 0 Å². The molecule has 0 spiro atoms. The SMILES string of the molecule is CCN1CCN(c2ccc(NC(=O)c3ccccc3Cc3ccccc3)c(C)c2)CC1. The highest BCUT2D eigenvalue weighted by Crippen LogP contribution is 2.25. The van der Waals surface area contributed by atoms with Gasteiger partial charge in [0.15, 0.2) is 0 Å². The molecular weight excluding hydrogens is 382 g/mol. The van der Waals surface area contributed by atoms with Crippen LogP contribution in [0.1, 0.15) is 34.0 Å². The zero-order chi connectivity index (χ0) is 21.6. The fourth-order valence-electron chi connectivity index (χ4n) is 4.21. The molecular formula is C27H31N3O. The monoisotopic (exact) mass is 413 g/mol. The second-order valence-corrected chi connectivity index (χ2v) is 8.19. The van der Waals surface area contributed by atoms with Gasteiger partial charge in [-0.1, -0.05) is 55.5 Å². The Morgan fingerprint density at radius 3 is 2.32 bits per heavy atom. The van der Waals surface area contributed by atoms with Crippen LogP contribution in [0, 0.1) is 6.92 Å². The molecule has 1 amide bonds. The van der Waals surface area contributed by atoms with Crippen LogP contribution in [0.4, 0.5) is 11.4 Å². The Kier molecular flexibility index (Phi) is 6.68. The largest absolute Gasteiger partial charge is 0.369 e. The van der Waals surface area contributed by atoms with Crippen LogP contribution in [0.2, 0.25) is 0 Å². The second-order valence-electron chi connectivity index (χ2n) is 8.19. The van der Waals surface area contributed by atoms with Crippen LogP contribution in [0.3, 0.4) is 0 Å². The van der Waals surface area contributed by atoms with Crippen molar-refractivity contribution in [3.8, 4) is 0 Å². The summed E-state index contributed by atoms with van der Waals surface area (Å²) in [5, 5.41) is 3.13. The van der Waals surface area contributed by atoms with Gasteiger partial charge in [0, 0.05) is 43.1 Å². The van der Waals surface area contributed by atoms with Crippen molar-refractivity contribution in [2.45, 2.75) is 20.3 Å². The van der Waals surface area contributed by atoms with Gasteiger partial charge < -0.3 is 15.1 Å². The van der Waals surface area contributed by atoms with Crippen molar-refractivity contribution in [1.29, 1.82) is 0 Å². The Hall–Kier alpha value is -3.11. The van der Waals surface area contributed by atoms with E-state index in [9.17, 15) is 4.79 Å². The summed E-state index contributed by atoms with van der Waals surface area (Å²) in [6, 6.07) is 24.5. The van der Waals surface area contributed by atoms with E-state index in [1.54, 1.807) is 0 Å². The van der Waals surface area contributed by atoms with Gasteiger partial charge in [0.1, 0.15) is 0 Å². The number of aryl methyl sites for hydroxylation is 1. The van der Waals surface area contributed by atoms with Crippen molar-refractivity contribution in [2.75, 3.05) is 42.9 Å². The molecule has 160 valence electrons. The lowest BCUT2D eigenvalue weighted by atomic mass is 9.99. The molecule has 0 unspecified atom stereocenters. The third-order valence-electron chi connectivity index (χ3n) is 6.14. The maximum Gasteiger partial charge on any atom is 0.255 e. The van der Waals surface area contributed by atoms with Crippen LogP contribution < -0.4 is 10.2 Å². The van der Waals surface area contributed by atoms with Gasteiger partial charge in [-0.3, -0.25) is 4.79 Å². The van der Waals surface area contributed by atoms with E-state index >= 15 is 0 Å². The molecule has 0 aromatic heterocycles. The smallest absolute Gasteiger partial charge is 0.255 e. The first-order valence-corrected chi connectivity index (χ1v) is 11.1. The van der Waals surface area contributed by atoms with E-state index in [0.29, 0.717) is 0 Å². The van der Waals surface area contributed by atoms with E-state index in [1.807, 2.05) is 48.5 Å². The van der Waals surface area contributed by atoms with Crippen molar-refractivity contribution in [3.63, 3.8) is 0 Å². The van der Waals surface area contributed by atoms with E-state index in [-0.39, 0.29) is 5.91 Å². The molecule has 3 aromatic carbocycles. The van der Waals surface area contributed by atoms with E-state index in [1.165, 1.54) is 11.3 Å². The lowest BCUT2D eigenvalue weighted by Crippen LogP contribution is -2.46. The number of nitrogens with one attached hydrogen (secondary N) is 1. The standard InChI is InChI=1S/C27H31N3O/c1-3-29-15-17-30(18-16-29)24-13-14-26(21(2)19-24)28-27(31)25-12-8-7-11-23(25)20-22-9-5-4-6-10-22/h4-14,19H,3,15-18,20H2,1-2H3,(H,28,31). The van der Waals surface area contributed by atoms with Crippen molar-refractivity contribution >= 4 is 17.3 Å². The molecule has 0 bridgehead atoms. The summed E-state index contributed by atoms with van der Waals surface area (Å²) in [6.07, 6.45) is 0.742. The van der Waals surface area contributed by atoms with Crippen LogP contribution in [-0.2, 0) is 6.42 Å². The van der Waals surface area contributed by atoms with Gasteiger partial charge in [0.05, 0.1) is 0 Å². The molecule has 3 aromatic rings. The topological polar surface area (TPSA) is 35.6 Å². The third kappa shape index (κ3) is 5.15. The summed E-state index contributed by atoms with van der Waals surface area (Å²) in [6.45, 7) is 9.70. The molecule has 1 heterocycles. The number of carbonyl (C=O) groups is 1. The Balaban J connectivity index is 1.47. The van der Waals surface area contributed by atoms with Gasteiger partial charge in [0.25, 0.3) is 5.91 Å². The lowest BCUT2D eigenvalue weighted by Gasteiger charge is -2.35. The predicted molar refractivity (Wildman–Crippen MR) is 129 cm³/mol. The number of rotatable bonds is 6. The first kappa shape index (κ1) is 21.1. The van der Waals surface area contributed by atoms with Crippen LogP contribution in [0.25, 0.3) is 0 Å². The number of hydrogen-bond acceptors (Lipinski definition) is 3. The summed E-state index contributed by atoms with van der Waals surface area (Å²) >= 11 is 0. The van der Waals surface area contributed by atoms with Gasteiger partial charge in [-0.05, 0) is 60.8 Å². The van der Waals surface area contributed by atoms with E-state index in [0.717, 1.165) is 61.5 Å². The van der Waals surface area contributed by atoms with E-state index < -0.39 is 0 Å². The maximum atomic E-state index is 13.1. The Bertz CT molecular complexity index is 1020. The summed E-state index contributed by atoms with van der Waals surface area (Å²) in [5.41, 5.74) is 6.15. The highest BCUT2D eigenvalue weighted by atomic mass is 16.1. The van der Waals surface area contributed by atoms with Gasteiger partial charge in [-0.2, -0.15) is 0 Å². The minimum absolute atomic E-state index is 0.0565. The molecule has 1 aliphatic rings. The highest BCUT2D eigenvalue weighted by molar-refractivity contribution is 6.05. The quantitative estimate of drug-likeness (QED) is 0.619.